The number of methoxy groups -OCH3 is 1. The zero-order chi connectivity index (χ0) is 12.5. The van der Waals surface area contributed by atoms with E-state index in [4.69, 9.17) is 5.73 Å². The summed E-state index contributed by atoms with van der Waals surface area (Å²) in [7, 11) is 1.13. The van der Waals surface area contributed by atoms with Gasteiger partial charge in [-0.05, 0) is 12.1 Å². The summed E-state index contributed by atoms with van der Waals surface area (Å²) in [5.41, 5.74) is 3.80. The number of hydrogen-bond acceptors (Lipinski definition) is 3. The molecule has 1 aromatic rings. The Kier molecular flexibility index (Phi) is 3.27. The first-order chi connectivity index (χ1) is 7.29. The number of phenols is 1. The summed E-state index contributed by atoms with van der Waals surface area (Å²) in [5.74, 6) is -2.44. The smallest absolute Gasteiger partial charge is 0.407 e. The highest BCUT2D eigenvalue weighted by Crippen LogP contribution is 2.40. The number of rotatable bonds is 2. The molecule has 0 radical (unpaired) electrons. The summed E-state index contributed by atoms with van der Waals surface area (Å²) in [6, 6.07) is -0.834. The molecule has 0 saturated heterocycles. The first kappa shape index (κ1) is 12.6. The number of benzene rings is 1. The summed E-state index contributed by atoms with van der Waals surface area (Å²) < 4.78 is 54.6. The lowest BCUT2D eigenvalue weighted by molar-refractivity contribution is -0.150. The van der Waals surface area contributed by atoms with Gasteiger partial charge in [0.15, 0.2) is 11.5 Å². The highest BCUT2D eigenvalue weighted by molar-refractivity contribution is 5.48. The van der Waals surface area contributed by atoms with Gasteiger partial charge >= 0.3 is 6.18 Å². The van der Waals surface area contributed by atoms with Crippen LogP contribution >= 0.6 is 0 Å². The molecule has 0 aliphatic heterocycles. The number of halogens is 4. The molecule has 0 aromatic heterocycles. The molecule has 1 atom stereocenters. The molecule has 0 amide bonds. The van der Waals surface area contributed by atoms with Crippen LogP contribution in [0.15, 0.2) is 12.1 Å². The van der Waals surface area contributed by atoms with Gasteiger partial charge in [0.05, 0.1) is 12.7 Å². The van der Waals surface area contributed by atoms with E-state index in [0.29, 0.717) is 0 Å². The van der Waals surface area contributed by atoms with Gasteiger partial charge in [0.25, 0.3) is 0 Å². The molecule has 0 spiro atoms. The molecule has 7 heteroatoms. The predicted molar refractivity (Wildman–Crippen MR) is 47.6 cm³/mol. The van der Waals surface area contributed by atoms with E-state index in [-0.39, 0.29) is 5.75 Å². The van der Waals surface area contributed by atoms with Gasteiger partial charge in [-0.2, -0.15) is 13.2 Å². The number of hydrogen-bond donors (Lipinski definition) is 2. The Morgan fingerprint density at radius 2 is 1.94 bits per heavy atom. The lowest BCUT2D eigenvalue weighted by atomic mass is 10.0. The third-order valence-corrected chi connectivity index (χ3v) is 2.01. The van der Waals surface area contributed by atoms with Crippen LogP contribution in [0.2, 0.25) is 0 Å². The van der Waals surface area contributed by atoms with Gasteiger partial charge < -0.3 is 15.6 Å². The number of alkyl halides is 3. The van der Waals surface area contributed by atoms with Crippen molar-refractivity contribution in [2.24, 2.45) is 5.73 Å². The van der Waals surface area contributed by atoms with E-state index in [0.717, 1.165) is 19.2 Å². The van der Waals surface area contributed by atoms with E-state index in [1.165, 1.54) is 0 Å². The molecule has 3 N–H and O–H groups in total. The fourth-order valence-electron chi connectivity index (χ4n) is 1.19. The van der Waals surface area contributed by atoms with Gasteiger partial charge in [-0.3, -0.25) is 0 Å². The Bertz CT molecular complexity index is 392. The largest absolute Gasteiger partial charge is 0.504 e. The van der Waals surface area contributed by atoms with Crippen molar-refractivity contribution in [3.63, 3.8) is 0 Å². The fourth-order valence-corrected chi connectivity index (χ4v) is 1.19. The molecule has 0 bridgehead atoms. The van der Waals surface area contributed by atoms with E-state index >= 15 is 0 Å². The number of nitrogens with two attached hydrogens (primary N) is 1. The van der Waals surface area contributed by atoms with E-state index in [2.05, 4.69) is 4.74 Å². The zero-order valence-corrected chi connectivity index (χ0v) is 8.18. The molecular formula is C9H9F4NO2. The highest BCUT2D eigenvalue weighted by atomic mass is 19.4. The van der Waals surface area contributed by atoms with Gasteiger partial charge in [0, 0.05) is 0 Å². The van der Waals surface area contributed by atoms with E-state index in [1.54, 1.807) is 0 Å². The first-order valence-electron chi connectivity index (χ1n) is 4.16. The average molecular weight is 239 g/mol. The molecule has 3 nitrogen and oxygen atoms in total. The van der Waals surface area contributed by atoms with Crippen LogP contribution < -0.4 is 10.5 Å². The van der Waals surface area contributed by atoms with Crippen molar-refractivity contribution in [3.05, 3.63) is 23.5 Å². The molecule has 0 aliphatic rings. The van der Waals surface area contributed by atoms with Crippen molar-refractivity contribution < 1.29 is 27.4 Å². The predicted octanol–water partition coefficient (Wildman–Crippen LogP) is 2.10. The van der Waals surface area contributed by atoms with Crippen molar-refractivity contribution in [1.82, 2.24) is 0 Å². The first-order valence-corrected chi connectivity index (χ1v) is 4.16. The van der Waals surface area contributed by atoms with Crippen LogP contribution in [-0.2, 0) is 0 Å². The molecule has 1 aromatic carbocycles. The van der Waals surface area contributed by atoms with Gasteiger partial charge in [0.2, 0.25) is 0 Å². The maximum absolute atomic E-state index is 13.2. The van der Waals surface area contributed by atoms with Crippen molar-refractivity contribution >= 4 is 0 Å². The maximum Gasteiger partial charge on any atom is 0.407 e. The van der Waals surface area contributed by atoms with Crippen molar-refractivity contribution in [3.8, 4) is 11.5 Å². The highest BCUT2D eigenvalue weighted by Gasteiger charge is 2.41. The zero-order valence-electron chi connectivity index (χ0n) is 8.18. The molecule has 1 rings (SSSR count). The summed E-state index contributed by atoms with van der Waals surface area (Å²) in [4.78, 5) is 0. The van der Waals surface area contributed by atoms with Crippen LogP contribution in [0.25, 0.3) is 0 Å². The summed E-state index contributed by atoms with van der Waals surface area (Å²) in [6.07, 6.45) is -4.84. The molecular weight excluding hydrogens is 230 g/mol. The SMILES string of the molecule is COc1ccc(F)c([C@@H](N)C(F)(F)F)c1O. The quantitative estimate of drug-likeness (QED) is 0.777. The Morgan fingerprint density at radius 3 is 2.38 bits per heavy atom. The summed E-state index contributed by atoms with van der Waals surface area (Å²) in [5, 5.41) is 9.36. The third kappa shape index (κ3) is 2.19. The van der Waals surface area contributed by atoms with Gasteiger partial charge in [-0.15, -0.1) is 0 Å². The second-order valence-corrected chi connectivity index (χ2v) is 3.03. The van der Waals surface area contributed by atoms with Crippen LogP contribution in [-0.4, -0.2) is 18.4 Å². The minimum absolute atomic E-state index is 0.267. The Balaban J connectivity index is 3.32. The number of ether oxygens (including phenoxy) is 1. The van der Waals surface area contributed by atoms with Crippen LogP contribution in [0.3, 0.4) is 0 Å². The molecule has 0 heterocycles. The molecule has 0 unspecified atom stereocenters. The minimum atomic E-state index is -4.84. The topological polar surface area (TPSA) is 55.5 Å². The molecule has 0 fully saturated rings. The van der Waals surface area contributed by atoms with Crippen LogP contribution in [0.5, 0.6) is 11.5 Å². The molecule has 90 valence electrons. The number of aromatic hydroxyl groups is 1. The van der Waals surface area contributed by atoms with E-state index < -0.39 is 29.3 Å². The van der Waals surface area contributed by atoms with Crippen LogP contribution in [0, 0.1) is 5.82 Å². The number of phenolic OH excluding ortho intramolecular Hbond substituents is 1. The van der Waals surface area contributed by atoms with Gasteiger partial charge in [-0.1, -0.05) is 0 Å². The van der Waals surface area contributed by atoms with E-state index in [1.807, 2.05) is 0 Å². The van der Waals surface area contributed by atoms with Crippen molar-refractivity contribution in [2.45, 2.75) is 12.2 Å². The molecule has 16 heavy (non-hydrogen) atoms. The molecule has 0 saturated carbocycles. The van der Waals surface area contributed by atoms with Crippen molar-refractivity contribution in [2.75, 3.05) is 7.11 Å². The third-order valence-electron chi connectivity index (χ3n) is 2.01. The molecule has 0 aliphatic carbocycles. The summed E-state index contributed by atoms with van der Waals surface area (Å²) in [6.45, 7) is 0. The van der Waals surface area contributed by atoms with Crippen LogP contribution in [0.1, 0.15) is 11.6 Å². The second kappa shape index (κ2) is 4.17. The average Bonchev–Trinajstić information content (AvgIpc) is 2.16. The summed E-state index contributed by atoms with van der Waals surface area (Å²) >= 11 is 0. The maximum atomic E-state index is 13.2. The fraction of sp³-hybridized carbons (Fsp3) is 0.333. The lowest BCUT2D eigenvalue weighted by Gasteiger charge is -2.18. The minimum Gasteiger partial charge on any atom is -0.504 e. The van der Waals surface area contributed by atoms with E-state index in [9.17, 15) is 22.7 Å². The normalized spacial score (nSPS) is 13.6. The van der Waals surface area contributed by atoms with Gasteiger partial charge in [-0.25, -0.2) is 4.39 Å². The Hall–Kier alpha value is -1.50. The standard InChI is InChI=1S/C9H9F4NO2/c1-16-5-3-2-4(10)6(7(5)15)8(14)9(11,12)13/h2-3,8,15H,14H2,1H3/t8-/m1/s1. The monoisotopic (exact) mass is 239 g/mol. The van der Waals surface area contributed by atoms with Crippen molar-refractivity contribution in [1.29, 1.82) is 0 Å². The van der Waals surface area contributed by atoms with Gasteiger partial charge in [0.1, 0.15) is 11.9 Å². The Morgan fingerprint density at radius 1 is 1.38 bits per heavy atom. The second-order valence-electron chi connectivity index (χ2n) is 3.03. The lowest BCUT2D eigenvalue weighted by Crippen LogP contribution is -2.29. The van der Waals surface area contributed by atoms with Crippen LogP contribution in [0.4, 0.5) is 17.6 Å². The Labute approximate surface area is 88.4 Å².